The molecular formula is C14H23N3O. The minimum Gasteiger partial charge on any atom is -0.330 e. The summed E-state index contributed by atoms with van der Waals surface area (Å²) in [5.41, 5.74) is 5.76. The van der Waals surface area contributed by atoms with Gasteiger partial charge in [-0.3, -0.25) is 9.69 Å². The first-order chi connectivity index (χ1) is 8.81. The van der Waals surface area contributed by atoms with E-state index in [1.165, 1.54) is 19.3 Å². The molecule has 0 aromatic carbocycles. The summed E-state index contributed by atoms with van der Waals surface area (Å²) in [4.78, 5) is 14.1. The molecule has 1 unspecified atom stereocenters. The van der Waals surface area contributed by atoms with E-state index < -0.39 is 0 Å². The molecule has 100 valence electrons. The molecule has 1 aliphatic heterocycles. The van der Waals surface area contributed by atoms with E-state index in [2.05, 4.69) is 4.90 Å². The summed E-state index contributed by atoms with van der Waals surface area (Å²) >= 11 is 0. The Morgan fingerprint density at radius 3 is 2.94 bits per heavy atom. The van der Waals surface area contributed by atoms with Crippen molar-refractivity contribution in [3.63, 3.8) is 0 Å². The molecule has 2 N–H and O–H groups in total. The van der Waals surface area contributed by atoms with Gasteiger partial charge < -0.3 is 10.3 Å². The lowest BCUT2D eigenvalue weighted by Gasteiger charge is -2.35. The van der Waals surface area contributed by atoms with Gasteiger partial charge in [-0.25, -0.2) is 0 Å². The molecule has 4 nitrogen and oxygen atoms in total. The minimum atomic E-state index is 0.0879. The van der Waals surface area contributed by atoms with E-state index in [9.17, 15) is 4.79 Å². The van der Waals surface area contributed by atoms with Crippen molar-refractivity contribution >= 4 is 0 Å². The fourth-order valence-electron chi connectivity index (χ4n) is 2.76. The maximum atomic E-state index is 11.6. The Labute approximate surface area is 108 Å². The van der Waals surface area contributed by atoms with Crippen molar-refractivity contribution in [3.05, 3.63) is 34.7 Å². The summed E-state index contributed by atoms with van der Waals surface area (Å²) in [6, 6.07) is 5.93. The fraction of sp³-hybridized carbons (Fsp3) is 0.643. The van der Waals surface area contributed by atoms with Crippen LogP contribution >= 0.6 is 0 Å². The Kier molecular flexibility index (Phi) is 4.96. The minimum absolute atomic E-state index is 0.0879. The monoisotopic (exact) mass is 249 g/mol. The normalized spacial score (nSPS) is 21.1. The van der Waals surface area contributed by atoms with Crippen LogP contribution in [0.1, 0.15) is 25.7 Å². The van der Waals surface area contributed by atoms with Crippen LogP contribution in [0.15, 0.2) is 29.2 Å². The topological polar surface area (TPSA) is 51.3 Å². The fourth-order valence-corrected chi connectivity index (χ4v) is 2.76. The quantitative estimate of drug-likeness (QED) is 0.848. The van der Waals surface area contributed by atoms with Crippen molar-refractivity contribution in [1.82, 2.24) is 9.47 Å². The zero-order valence-corrected chi connectivity index (χ0v) is 10.9. The summed E-state index contributed by atoms with van der Waals surface area (Å²) in [7, 11) is 0. The van der Waals surface area contributed by atoms with Crippen LogP contribution < -0.4 is 11.3 Å². The third-order valence-electron chi connectivity index (χ3n) is 3.78. The molecule has 0 radical (unpaired) electrons. The van der Waals surface area contributed by atoms with E-state index >= 15 is 0 Å². The lowest BCUT2D eigenvalue weighted by Crippen LogP contribution is -2.43. The van der Waals surface area contributed by atoms with Gasteiger partial charge in [-0.15, -0.1) is 0 Å². The van der Waals surface area contributed by atoms with Crippen LogP contribution in [0.5, 0.6) is 0 Å². The van der Waals surface area contributed by atoms with E-state index in [0.29, 0.717) is 6.04 Å². The second-order valence-corrected chi connectivity index (χ2v) is 5.00. The van der Waals surface area contributed by atoms with Crippen LogP contribution in [0.2, 0.25) is 0 Å². The van der Waals surface area contributed by atoms with Gasteiger partial charge in [-0.05, 0) is 38.4 Å². The van der Waals surface area contributed by atoms with E-state index in [0.717, 1.165) is 32.6 Å². The van der Waals surface area contributed by atoms with Crippen molar-refractivity contribution in [2.75, 3.05) is 19.6 Å². The molecule has 0 amide bonds. The Morgan fingerprint density at radius 1 is 1.28 bits per heavy atom. The van der Waals surface area contributed by atoms with Gasteiger partial charge in [-0.1, -0.05) is 12.5 Å². The Hall–Kier alpha value is -1.13. The van der Waals surface area contributed by atoms with Crippen LogP contribution in [0, 0.1) is 0 Å². The van der Waals surface area contributed by atoms with E-state index in [-0.39, 0.29) is 5.56 Å². The molecule has 18 heavy (non-hydrogen) atoms. The zero-order chi connectivity index (χ0) is 12.8. The third kappa shape index (κ3) is 3.43. The van der Waals surface area contributed by atoms with Crippen molar-refractivity contribution in [1.29, 1.82) is 0 Å². The first-order valence-corrected chi connectivity index (χ1v) is 6.91. The summed E-state index contributed by atoms with van der Waals surface area (Å²) in [5, 5.41) is 0. The lowest BCUT2D eigenvalue weighted by atomic mass is 9.99. The van der Waals surface area contributed by atoms with Gasteiger partial charge in [-0.2, -0.15) is 0 Å². The second-order valence-electron chi connectivity index (χ2n) is 5.00. The molecule has 0 spiro atoms. The maximum Gasteiger partial charge on any atom is 0.250 e. The Morgan fingerprint density at radius 2 is 2.17 bits per heavy atom. The van der Waals surface area contributed by atoms with Crippen molar-refractivity contribution < 1.29 is 0 Å². The molecule has 2 heterocycles. The second kappa shape index (κ2) is 6.71. The number of hydrogen-bond donors (Lipinski definition) is 1. The summed E-state index contributed by atoms with van der Waals surface area (Å²) in [6.07, 6.45) is 6.77. The average Bonchev–Trinajstić information content (AvgIpc) is 2.40. The average molecular weight is 249 g/mol. The zero-order valence-electron chi connectivity index (χ0n) is 10.9. The molecule has 1 aromatic heterocycles. The van der Waals surface area contributed by atoms with Gasteiger partial charge in [0, 0.05) is 31.4 Å². The first kappa shape index (κ1) is 13.3. The van der Waals surface area contributed by atoms with Gasteiger partial charge in [0.2, 0.25) is 0 Å². The van der Waals surface area contributed by atoms with E-state index in [4.69, 9.17) is 5.73 Å². The number of nitrogens with two attached hydrogens (primary N) is 1. The van der Waals surface area contributed by atoms with Gasteiger partial charge in [0.15, 0.2) is 0 Å². The largest absolute Gasteiger partial charge is 0.330 e. The smallest absolute Gasteiger partial charge is 0.250 e. The number of pyridine rings is 1. The number of nitrogens with zero attached hydrogens (tertiary/aromatic N) is 2. The molecule has 0 aliphatic carbocycles. The molecule has 1 saturated heterocycles. The molecule has 1 aliphatic rings. The summed E-state index contributed by atoms with van der Waals surface area (Å²) in [5.74, 6) is 0. The van der Waals surface area contributed by atoms with Crippen LogP contribution in [0.3, 0.4) is 0 Å². The molecule has 2 rings (SSSR count). The predicted molar refractivity (Wildman–Crippen MR) is 73.6 cm³/mol. The van der Waals surface area contributed by atoms with Crippen LogP contribution in [-0.4, -0.2) is 35.1 Å². The third-order valence-corrected chi connectivity index (χ3v) is 3.78. The van der Waals surface area contributed by atoms with Gasteiger partial charge in [0.05, 0.1) is 0 Å². The van der Waals surface area contributed by atoms with Gasteiger partial charge >= 0.3 is 0 Å². The highest BCUT2D eigenvalue weighted by Gasteiger charge is 2.21. The van der Waals surface area contributed by atoms with E-state index in [1.807, 2.05) is 12.3 Å². The Balaban J connectivity index is 1.92. The van der Waals surface area contributed by atoms with Crippen LogP contribution in [0.25, 0.3) is 0 Å². The molecule has 4 heteroatoms. The Bertz CT molecular complexity index is 414. The van der Waals surface area contributed by atoms with Crippen LogP contribution in [0.4, 0.5) is 0 Å². The number of likely N-dealkylation sites (tertiary alicyclic amines) is 1. The lowest BCUT2D eigenvalue weighted by molar-refractivity contribution is 0.136. The summed E-state index contributed by atoms with van der Waals surface area (Å²) < 4.78 is 1.79. The predicted octanol–water partition coefficient (Wildman–Crippen LogP) is 1.05. The molecule has 1 atom stereocenters. The molecule has 1 aromatic rings. The molecule has 1 fully saturated rings. The van der Waals surface area contributed by atoms with Gasteiger partial charge in [0.1, 0.15) is 0 Å². The number of rotatable bonds is 5. The first-order valence-electron chi connectivity index (χ1n) is 6.91. The highest BCUT2D eigenvalue weighted by atomic mass is 16.1. The van der Waals surface area contributed by atoms with E-state index in [1.54, 1.807) is 16.7 Å². The van der Waals surface area contributed by atoms with Crippen molar-refractivity contribution in [3.8, 4) is 0 Å². The van der Waals surface area contributed by atoms with Crippen LogP contribution in [-0.2, 0) is 6.54 Å². The number of piperidine rings is 1. The number of hydrogen-bond acceptors (Lipinski definition) is 3. The van der Waals surface area contributed by atoms with Crippen molar-refractivity contribution in [2.24, 2.45) is 5.73 Å². The highest BCUT2D eigenvalue weighted by molar-refractivity contribution is 4.93. The molecule has 0 bridgehead atoms. The highest BCUT2D eigenvalue weighted by Crippen LogP contribution is 2.18. The van der Waals surface area contributed by atoms with Gasteiger partial charge in [0.25, 0.3) is 5.56 Å². The number of aromatic nitrogens is 1. The SMILES string of the molecule is NCCC1CCCCN1CCn1ccccc1=O. The summed E-state index contributed by atoms with van der Waals surface area (Å²) in [6.45, 7) is 3.63. The maximum absolute atomic E-state index is 11.6. The molecule has 0 saturated carbocycles. The standard InChI is InChI=1S/C14H23N3O/c15-8-7-13-5-1-3-9-16(13)11-12-17-10-4-2-6-14(17)18/h2,4,6,10,13H,1,3,5,7-9,11-12,15H2. The van der Waals surface area contributed by atoms with Crippen molar-refractivity contribution in [2.45, 2.75) is 38.3 Å². The molecular weight excluding hydrogens is 226 g/mol.